The smallest absolute Gasteiger partial charge is 0.0175 e. The highest BCUT2D eigenvalue weighted by Crippen LogP contribution is 2.13. The van der Waals surface area contributed by atoms with E-state index in [-0.39, 0.29) is 0 Å². The number of halogens is 1. The van der Waals surface area contributed by atoms with Gasteiger partial charge >= 0.3 is 0 Å². The summed E-state index contributed by atoms with van der Waals surface area (Å²) < 4.78 is 1.15. The predicted molar refractivity (Wildman–Crippen MR) is 88.6 cm³/mol. The van der Waals surface area contributed by atoms with Gasteiger partial charge in [-0.05, 0) is 50.3 Å². The Morgan fingerprint density at radius 1 is 0.947 bits per heavy atom. The van der Waals surface area contributed by atoms with Crippen LogP contribution in [0.1, 0.15) is 52.5 Å². The topological polar surface area (TPSA) is 12.0 Å². The van der Waals surface area contributed by atoms with E-state index in [1.807, 2.05) is 0 Å². The molecule has 1 nitrogen and oxygen atoms in total. The van der Waals surface area contributed by atoms with Crippen LogP contribution in [-0.2, 0) is 6.42 Å². The fourth-order valence-electron chi connectivity index (χ4n) is 2.43. The third kappa shape index (κ3) is 7.74. The Kier molecular flexibility index (Phi) is 7.70. The van der Waals surface area contributed by atoms with Gasteiger partial charge in [-0.1, -0.05) is 54.8 Å². The van der Waals surface area contributed by atoms with E-state index in [4.69, 9.17) is 0 Å². The first-order chi connectivity index (χ1) is 8.97. The molecule has 0 spiro atoms. The van der Waals surface area contributed by atoms with E-state index in [9.17, 15) is 0 Å². The van der Waals surface area contributed by atoms with Gasteiger partial charge in [-0.2, -0.15) is 0 Å². The molecular formula is C17H28BrN. The average Bonchev–Trinajstić information content (AvgIpc) is 2.31. The van der Waals surface area contributed by atoms with Crippen molar-refractivity contribution in [2.75, 3.05) is 0 Å². The van der Waals surface area contributed by atoms with Crippen molar-refractivity contribution in [3.63, 3.8) is 0 Å². The Morgan fingerprint density at radius 3 is 2.16 bits per heavy atom. The molecule has 0 saturated carbocycles. The Hall–Kier alpha value is -0.340. The van der Waals surface area contributed by atoms with E-state index in [0.717, 1.165) is 16.8 Å². The van der Waals surface area contributed by atoms with Crippen LogP contribution in [0.5, 0.6) is 0 Å². The molecule has 0 saturated heterocycles. The first kappa shape index (κ1) is 16.7. The van der Waals surface area contributed by atoms with Crippen LogP contribution < -0.4 is 5.32 Å². The van der Waals surface area contributed by atoms with Crippen molar-refractivity contribution in [1.82, 2.24) is 5.32 Å². The van der Waals surface area contributed by atoms with Crippen LogP contribution in [0, 0.1) is 5.92 Å². The molecule has 2 unspecified atom stereocenters. The Labute approximate surface area is 127 Å². The lowest BCUT2D eigenvalue weighted by Crippen LogP contribution is -2.35. The first-order valence-corrected chi connectivity index (χ1v) is 8.27. The molecule has 0 aliphatic heterocycles. The number of rotatable bonds is 8. The number of hydrogen-bond acceptors (Lipinski definition) is 1. The van der Waals surface area contributed by atoms with Crippen LogP contribution in [0.4, 0.5) is 0 Å². The number of hydrogen-bond donors (Lipinski definition) is 1. The fourth-order valence-corrected chi connectivity index (χ4v) is 2.70. The molecule has 0 amide bonds. The lowest BCUT2D eigenvalue weighted by molar-refractivity contribution is 0.416. The van der Waals surface area contributed by atoms with E-state index in [0.29, 0.717) is 12.1 Å². The fraction of sp³-hybridized carbons (Fsp3) is 0.647. The first-order valence-electron chi connectivity index (χ1n) is 7.48. The van der Waals surface area contributed by atoms with E-state index >= 15 is 0 Å². The quantitative estimate of drug-likeness (QED) is 0.694. The van der Waals surface area contributed by atoms with Gasteiger partial charge in [-0.15, -0.1) is 0 Å². The number of nitrogens with one attached hydrogen (secondary N) is 1. The van der Waals surface area contributed by atoms with Crippen molar-refractivity contribution in [3.8, 4) is 0 Å². The Balaban J connectivity index is 2.26. The summed E-state index contributed by atoms with van der Waals surface area (Å²) in [5.41, 5.74) is 1.40. The van der Waals surface area contributed by atoms with Crippen LogP contribution in [0.3, 0.4) is 0 Å². The average molecular weight is 326 g/mol. The zero-order chi connectivity index (χ0) is 14.3. The van der Waals surface area contributed by atoms with Crippen molar-refractivity contribution in [3.05, 3.63) is 34.3 Å². The lowest BCUT2D eigenvalue weighted by atomic mass is 10.0. The van der Waals surface area contributed by atoms with Crippen molar-refractivity contribution in [1.29, 1.82) is 0 Å². The van der Waals surface area contributed by atoms with Crippen LogP contribution in [0.2, 0.25) is 0 Å². The predicted octanol–water partition coefficient (Wildman–Crippen LogP) is 5.18. The second-order valence-corrected chi connectivity index (χ2v) is 7.04. The second kappa shape index (κ2) is 8.76. The SMILES string of the molecule is CC(C)CCCC(C)NC(C)Cc1ccc(Br)cc1. The maximum atomic E-state index is 3.70. The van der Waals surface area contributed by atoms with Gasteiger partial charge in [0.25, 0.3) is 0 Å². The third-order valence-electron chi connectivity index (χ3n) is 3.44. The molecule has 0 aliphatic carbocycles. The molecular weight excluding hydrogens is 298 g/mol. The summed E-state index contributed by atoms with van der Waals surface area (Å²) in [5, 5.41) is 3.70. The molecule has 0 fully saturated rings. The van der Waals surface area contributed by atoms with Crippen LogP contribution in [0.25, 0.3) is 0 Å². The molecule has 0 aromatic heterocycles. The van der Waals surface area contributed by atoms with Gasteiger partial charge in [0.05, 0.1) is 0 Å². The summed E-state index contributed by atoms with van der Waals surface area (Å²) in [5.74, 6) is 0.826. The zero-order valence-corrected chi connectivity index (χ0v) is 14.3. The summed E-state index contributed by atoms with van der Waals surface area (Å²) in [6.45, 7) is 9.18. The Bertz CT molecular complexity index is 345. The highest BCUT2D eigenvalue weighted by Gasteiger charge is 2.08. The standard InChI is InChI=1S/C17H28BrN/c1-13(2)6-5-7-14(3)19-15(4)12-16-8-10-17(18)11-9-16/h8-11,13-15,19H,5-7,12H2,1-4H3. The molecule has 1 rings (SSSR count). The lowest BCUT2D eigenvalue weighted by Gasteiger charge is -2.20. The molecule has 1 aromatic rings. The highest BCUT2D eigenvalue weighted by molar-refractivity contribution is 9.10. The van der Waals surface area contributed by atoms with Crippen molar-refractivity contribution >= 4 is 15.9 Å². The van der Waals surface area contributed by atoms with Gasteiger partial charge in [-0.3, -0.25) is 0 Å². The minimum Gasteiger partial charge on any atom is -0.311 e. The van der Waals surface area contributed by atoms with Gasteiger partial charge in [0.2, 0.25) is 0 Å². The molecule has 0 bridgehead atoms. The van der Waals surface area contributed by atoms with Gasteiger partial charge in [-0.25, -0.2) is 0 Å². The van der Waals surface area contributed by atoms with Gasteiger partial charge in [0, 0.05) is 16.6 Å². The minimum atomic E-state index is 0.537. The van der Waals surface area contributed by atoms with E-state index in [1.54, 1.807) is 0 Å². The largest absolute Gasteiger partial charge is 0.311 e. The van der Waals surface area contributed by atoms with E-state index < -0.39 is 0 Å². The number of benzene rings is 1. The van der Waals surface area contributed by atoms with Crippen molar-refractivity contribution in [2.24, 2.45) is 5.92 Å². The minimum absolute atomic E-state index is 0.537. The molecule has 108 valence electrons. The monoisotopic (exact) mass is 325 g/mol. The van der Waals surface area contributed by atoms with E-state index in [2.05, 4.69) is 73.2 Å². The van der Waals surface area contributed by atoms with Crippen molar-refractivity contribution < 1.29 is 0 Å². The molecule has 0 heterocycles. The second-order valence-electron chi connectivity index (χ2n) is 6.12. The molecule has 2 heteroatoms. The van der Waals surface area contributed by atoms with Gasteiger partial charge in [0.1, 0.15) is 0 Å². The summed E-state index contributed by atoms with van der Waals surface area (Å²) in [6, 6.07) is 9.79. The van der Waals surface area contributed by atoms with Crippen LogP contribution in [0.15, 0.2) is 28.7 Å². The molecule has 1 aromatic carbocycles. The summed E-state index contributed by atoms with van der Waals surface area (Å²) in [4.78, 5) is 0. The summed E-state index contributed by atoms with van der Waals surface area (Å²) >= 11 is 3.48. The zero-order valence-electron chi connectivity index (χ0n) is 12.7. The normalized spacial score (nSPS) is 14.6. The molecule has 1 N–H and O–H groups in total. The molecule has 2 atom stereocenters. The maximum absolute atomic E-state index is 3.70. The maximum Gasteiger partial charge on any atom is 0.0175 e. The molecule has 0 aliphatic rings. The molecule has 19 heavy (non-hydrogen) atoms. The highest BCUT2D eigenvalue weighted by atomic mass is 79.9. The van der Waals surface area contributed by atoms with Crippen molar-refractivity contribution in [2.45, 2.75) is 65.5 Å². The van der Waals surface area contributed by atoms with Crippen LogP contribution in [-0.4, -0.2) is 12.1 Å². The summed E-state index contributed by atoms with van der Waals surface area (Å²) in [7, 11) is 0. The third-order valence-corrected chi connectivity index (χ3v) is 3.97. The Morgan fingerprint density at radius 2 is 1.58 bits per heavy atom. The van der Waals surface area contributed by atoms with Gasteiger partial charge in [0.15, 0.2) is 0 Å². The van der Waals surface area contributed by atoms with Gasteiger partial charge < -0.3 is 5.32 Å². The van der Waals surface area contributed by atoms with Crippen LogP contribution >= 0.6 is 15.9 Å². The molecule has 0 radical (unpaired) electrons. The van der Waals surface area contributed by atoms with E-state index in [1.165, 1.54) is 24.8 Å². The summed E-state index contributed by atoms with van der Waals surface area (Å²) in [6.07, 6.45) is 5.05.